The third kappa shape index (κ3) is 4.88. The number of para-hydroxylation sites is 1. The maximum Gasteiger partial charge on any atom is 0.101 e. The lowest BCUT2D eigenvalue weighted by atomic mass is 9.92. The molecule has 3 heterocycles. The smallest absolute Gasteiger partial charge is 0.101 e. The number of nitrogens with zero attached hydrogens (tertiary/aromatic N) is 4. The van der Waals surface area contributed by atoms with Gasteiger partial charge in [0.1, 0.15) is 5.69 Å². The molecule has 51 heavy (non-hydrogen) atoms. The van der Waals surface area contributed by atoms with E-state index in [1.807, 2.05) is 24.5 Å². The monoisotopic (exact) mass is 650 g/mol. The van der Waals surface area contributed by atoms with Crippen molar-refractivity contribution in [2.45, 2.75) is 0 Å². The van der Waals surface area contributed by atoms with Crippen LogP contribution in [-0.2, 0) is 0 Å². The van der Waals surface area contributed by atoms with Crippen molar-refractivity contribution in [2.75, 3.05) is 0 Å². The van der Waals surface area contributed by atoms with E-state index in [9.17, 15) is 0 Å². The van der Waals surface area contributed by atoms with Gasteiger partial charge in [-0.05, 0) is 81.2 Å². The molecule has 0 saturated carbocycles. The van der Waals surface area contributed by atoms with E-state index in [-0.39, 0.29) is 0 Å². The molecule has 0 bridgehead atoms. The van der Waals surface area contributed by atoms with Crippen LogP contribution in [0.15, 0.2) is 182 Å². The molecule has 0 N–H and O–H groups in total. The van der Waals surface area contributed by atoms with Crippen molar-refractivity contribution in [3.05, 3.63) is 182 Å². The van der Waals surface area contributed by atoms with Crippen molar-refractivity contribution in [1.82, 2.24) is 19.7 Å². The van der Waals surface area contributed by atoms with Gasteiger partial charge >= 0.3 is 0 Å². The molecule has 4 nitrogen and oxygen atoms in total. The molecule has 4 heteroatoms. The summed E-state index contributed by atoms with van der Waals surface area (Å²) in [5, 5.41) is 11.1. The minimum Gasteiger partial charge on any atom is -0.254 e. The Morgan fingerprint density at radius 2 is 1.00 bits per heavy atom. The van der Waals surface area contributed by atoms with Gasteiger partial charge in [0, 0.05) is 39.5 Å². The van der Waals surface area contributed by atoms with Gasteiger partial charge in [0.2, 0.25) is 0 Å². The van der Waals surface area contributed by atoms with Crippen LogP contribution in [0.4, 0.5) is 0 Å². The average molecular weight is 651 g/mol. The fourth-order valence-corrected chi connectivity index (χ4v) is 7.50. The quantitative estimate of drug-likeness (QED) is 0.174. The SMILES string of the molecule is c1ccc(-c2cc3ccccc3c3c2c(-c2cccc(-c4ccc(-c5cc6cccnc6c6ncccc56)cc4)c2)nn3-c2ccccc2)cc1. The number of benzene rings is 7. The van der Waals surface area contributed by atoms with E-state index in [1.54, 1.807) is 0 Å². The Bertz CT molecular complexity index is 2890. The highest BCUT2D eigenvalue weighted by Gasteiger charge is 2.21. The summed E-state index contributed by atoms with van der Waals surface area (Å²) in [6.07, 6.45) is 3.67. The second kappa shape index (κ2) is 11.9. The van der Waals surface area contributed by atoms with Gasteiger partial charge in [-0.2, -0.15) is 5.10 Å². The zero-order chi connectivity index (χ0) is 33.7. The topological polar surface area (TPSA) is 43.6 Å². The van der Waals surface area contributed by atoms with E-state index < -0.39 is 0 Å². The van der Waals surface area contributed by atoms with Crippen LogP contribution in [-0.4, -0.2) is 19.7 Å². The fraction of sp³-hybridized carbons (Fsp3) is 0. The lowest BCUT2D eigenvalue weighted by molar-refractivity contribution is 0.918. The van der Waals surface area contributed by atoms with E-state index >= 15 is 0 Å². The van der Waals surface area contributed by atoms with E-state index in [2.05, 4.69) is 167 Å². The highest BCUT2D eigenvalue weighted by atomic mass is 15.3. The Kier molecular flexibility index (Phi) is 6.78. The molecule has 0 spiro atoms. The van der Waals surface area contributed by atoms with E-state index in [0.29, 0.717) is 0 Å². The molecule has 0 atom stereocenters. The summed E-state index contributed by atoms with van der Waals surface area (Å²) < 4.78 is 2.12. The van der Waals surface area contributed by atoms with Crippen LogP contribution in [0.25, 0.3) is 93.8 Å². The number of rotatable bonds is 5. The summed E-state index contributed by atoms with van der Waals surface area (Å²) in [7, 11) is 0. The van der Waals surface area contributed by atoms with Gasteiger partial charge in [0.15, 0.2) is 0 Å². The second-order valence-electron chi connectivity index (χ2n) is 12.9. The Morgan fingerprint density at radius 3 is 1.84 bits per heavy atom. The average Bonchev–Trinajstić information content (AvgIpc) is 3.62. The molecule has 0 unspecified atom stereocenters. The number of fused-ring (bicyclic) bond motifs is 6. The molecule has 0 aliphatic heterocycles. The van der Waals surface area contributed by atoms with Crippen LogP contribution >= 0.6 is 0 Å². The summed E-state index contributed by atoms with van der Waals surface area (Å²) in [5.74, 6) is 0. The van der Waals surface area contributed by atoms with Crippen molar-refractivity contribution in [3.8, 4) is 50.3 Å². The van der Waals surface area contributed by atoms with Gasteiger partial charge in [-0.25, -0.2) is 4.68 Å². The summed E-state index contributed by atoms with van der Waals surface area (Å²) in [6.45, 7) is 0. The summed E-state index contributed by atoms with van der Waals surface area (Å²) in [5.41, 5.74) is 12.9. The molecule has 238 valence electrons. The van der Waals surface area contributed by atoms with Crippen molar-refractivity contribution in [3.63, 3.8) is 0 Å². The Balaban J connectivity index is 1.14. The molecule has 0 fully saturated rings. The van der Waals surface area contributed by atoms with Gasteiger partial charge in [0.05, 0.1) is 22.2 Å². The number of hydrogen-bond acceptors (Lipinski definition) is 3. The lowest BCUT2D eigenvalue weighted by Crippen LogP contribution is -1.96. The van der Waals surface area contributed by atoms with Crippen molar-refractivity contribution in [2.24, 2.45) is 0 Å². The first-order chi connectivity index (χ1) is 25.3. The largest absolute Gasteiger partial charge is 0.254 e. The highest BCUT2D eigenvalue weighted by Crippen LogP contribution is 2.42. The van der Waals surface area contributed by atoms with Crippen LogP contribution in [0.1, 0.15) is 0 Å². The molecule has 3 aromatic heterocycles. The van der Waals surface area contributed by atoms with Gasteiger partial charge in [-0.15, -0.1) is 0 Å². The van der Waals surface area contributed by atoms with E-state index in [1.165, 1.54) is 21.9 Å². The zero-order valence-electron chi connectivity index (χ0n) is 27.6. The third-order valence-electron chi connectivity index (χ3n) is 9.88. The Hall–Kier alpha value is -6.91. The first kappa shape index (κ1) is 29.0. The predicted octanol–water partition coefficient (Wildman–Crippen LogP) is 11.9. The normalized spacial score (nSPS) is 11.5. The molecule has 0 saturated heterocycles. The van der Waals surface area contributed by atoms with Gasteiger partial charge < -0.3 is 0 Å². The Morgan fingerprint density at radius 1 is 0.392 bits per heavy atom. The van der Waals surface area contributed by atoms with E-state index in [4.69, 9.17) is 10.1 Å². The third-order valence-corrected chi connectivity index (χ3v) is 9.88. The van der Waals surface area contributed by atoms with Crippen LogP contribution in [0.5, 0.6) is 0 Å². The first-order valence-corrected chi connectivity index (χ1v) is 17.2. The van der Waals surface area contributed by atoms with Crippen molar-refractivity contribution in [1.29, 1.82) is 0 Å². The minimum absolute atomic E-state index is 0.923. The Labute approximate surface area is 294 Å². The van der Waals surface area contributed by atoms with Gasteiger partial charge in [-0.3, -0.25) is 9.97 Å². The van der Waals surface area contributed by atoms with Gasteiger partial charge in [0.25, 0.3) is 0 Å². The summed E-state index contributed by atoms with van der Waals surface area (Å²) >= 11 is 0. The van der Waals surface area contributed by atoms with E-state index in [0.717, 1.165) is 71.9 Å². The molecule has 0 amide bonds. The minimum atomic E-state index is 0.923. The maximum atomic E-state index is 5.41. The molecule has 0 aliphatic rings. The predicted molar refractivity (Wildman–Crippen MR) is 211 cm³/mol. The highest BCUT2D eigenvalue weighted by molar-refractivity contribution is 6.17. The first-order valence-electron chi connectivity index (χ1n) is 17.2. The summed E-state index contributed by atoms with van der Waals surface area (Å²) in [4.78, 5) is 9.35. The van der Waals surface area contributed by atoms with Crippen molar-refractivity contribution < 1.29 is 0 Å². The fourth-order valence-electron chi connectivity index (χ4n) is 7.50. The number of aromatic nitrogens is 4. The molecule has 10 aromatic rings. The van der Waals surface area contributed by atoms with Crippen LogP contribution in [0.3, 0.4) is 0 Å². The molecule has 0 radical (unpaired) electrons. The lowest BCUT2D eigenvalue weighted by Gasteiger charge is -2.12. The molecule has 10 rings (SSSR count). The van der Waals surface area contributed by atoms with Gasteiger partial charge in [-0.1, -0.05) is 127 Å². The molecular formula is C47H30N4. The zero-order valence-corrected chi connectivity index (χ0v) is 27.6. The van der Waals surface area contributed by atoms with Crippen LogP contribution in [0, 0.1) is 0 Å². The van der Waals surface area contributed by atoms with Crippen molar-refractivity contribution >= 4 is 43.5 Å². The standard InChI is InChI=1S/C47H30N4/c1-3-12-32(13-4-1)42-29-35-14-7-8-20-39(35)47-43(42)44(50-51(47)38-18-5-2-6-19-38)36-16-9-15-34(28-36)31-22-24-33(25-23-31)41-30-37-17-10-26-48-45(37)46-40(41)21-11-27-49-46/h1-30H. The molecule has 7 aromatic carbocycles. The summed E-state index contributed by atoms with van der Waals surface area (Å²) in [6, 6.07) is 60.2. The molecule has 0 aliphatic carbocycles. The maximum absolute atomic E-state index is 5.41. The van der Waals surface area contributed by atoms with Crippen LogP contribution < -0.4 is 0 Å². The number of hydrogen-bond donors (Lipinski definition) is 0. The second-order valence-corrected chi connectivity index (χ2v) is 12.9. The number of pyridine rings is 2. The van der Waals surface area contributed by atoms with Crippen LogP contribution in [0.2, 0.25) is 0 Å². The molecular weight excluding hydrogens is 621 g/mol.